The molecule has 1 heteroatoms. The summed E-state index contributed by atoms with van der Waals surface area (Å²) in [6, 6.07) is 0. The average molecular weight is 145 g/mol. The van der Waals surface area contributed by atoms with E-state index in [2.05, 4.69) is 12.8 Å². The molecular formula is C8H13Cl. The molecule has 0 aromatic heterocycles. The van der Waals surface area contributed by atoms with E-state index in [0.717, 1.165) is 12.8 Å². The maximum absolute atomic E-state index is 5.74. The van der Waals surface area contributed by atoms with E-state index in [9.17, 15) is 0 Å². The molecule has 0 aliphatic rings. The summed E-state index contributed by atoms with van der Waals surface area (Å²) in [5.74, 6) is 3.19. The summed E-state index contributed by atoms with van der Waals surface area (Å²) >= 11 is 5.74. The van der Waals surface area contributed by atoms with Gasteiger partial charge in [0.1, 0.15) is 0 Å². The van der Waals surface area contributed by atoms with Gasteiger partial charge in [0.05, 0.1) is 0 Å². The highest BCUT2D eigenvalue weighted by molar-refractivity contribution is 6.20. The van der Waals surface area contributed by atoms with Gasteiger partial charge in [0.25, 0.3) is 0 Å². The van der Waals surface area contributed by atoms with E-state index < -0.39 is 0 Å². The lowest BCUT2D eigenvalue weighted by Gasteiger charge is -2.07. The maximum Gasteiger partial charge on any atom is 0.0310 e. The summed E-state index contributed by atoms with van der Waals surface area (Å²) in [4.78, 5) is 0. The first-order chi connectivity index (χ1) is 4.16. The largest absolute Gasteiger partial charge is 0.123 e. The molecule has 52 valence electrons. The zero-order valence-corrected chi connectivity index (χ0v) is 6.78. The van der Waals surface area contributed by atoms with Crippen LogP contribution in [-0.2, 0) is 0 Å². The van der Waals surface area contributed by atoms with Gasteiger partial charge < -0.3 is 0 Å². The number of hydrogen-bond acceptors (Lipinski definition) is 0. The van der Waals surface area contributed by atoms with E-state index in [1.807, 2.05) is 6.92 Å². The molecule has 9 heavy (non-hydrogen) atoms. The van der Waals surface area contributed by atoms with E-state index in [-0.39, 0.29) is 5.38 Å². The molecule has 0 nitrogen and oxygen atoms in total. The highest BCUT2D eigenvalue weighted by Gasteiger charge is 2.03. The Labute approximate surface area is 62.6 Å². The zero-order valence-electron chi connectivity index (χ0n) is 6.02. The highest BCUT2D eigenvalue weighted by atomic mass is 35.5. The molecule has 0 aliphatic carbocycles. The minimum Gasteiger partial charge on any atom is -0.123 e. The van der Waals surface area contributed by atoms with Crippen molar-refractivity contribution in [1.82, 2.24) is 0 Å². The molecule has 2 unspecified atom stereocenters. The van der Waals surface area contributed by atoms with Crippen molar-refractivity contribution in [3.05, 3.63) is 0 Å². The van der Waals surface area contributed by atoms with Crippen LogP contribution in [0.5, 0.6) is 0 Å². The van der Waals surface area contributed by atoms with Gasteiger partial charge >= 0.3 is 0 Å². The van der Waals surface area contributed by atoms with Crippen LogP contribution in [0.4, 0.5) is 0 Å². The Morgan fingerprint density at radius 1 is 1.56 bits per heavy atom. The van der Waals surface area contributed by atoms with E-state index in [1.165, 1.54) is 0 Å². The van der Waals surface area contributed by atoms with Crippen LogP contribution in [0.3, 0.4) is 0 Å². The Balaban J connectivity index is 3.29. The van der Waals surface area contributed by atoms with Crippen molar-refractivity contribution in [1.29, 1.82) is 0 Å². The fraction of sp³-hybridized carbons (Fsp3) is 0.750. The number of alkyl halides is 1. The Bertz CT molecular complexity index is 99.6. The second kappa shape index (κ2) is 4.70. The predicted octanol–water partition coefficient (Wildman–Crippen LogP) is 2.66. The minimum absolute atomic E-state index is 0.258. The lowest BCUT2D eigenvalue weighted by molar-refractivity contribution is 0.544. The second-order valence-electron chi connectivity index (χ2n) is 2.53. The molecule has 0 saturated heterocycles. The van der Waals surface area contributed by atoms with Crippen molar-refractivity contribution in [3.8, 4) is 12.3 Å². The fourth-order valence-electron chi connectivity index (χ4n) is 0.839. The van der Waals surface area contributed by atoms with Gasteiger partial charge in [-0.3, -0.25) is 0 Å². The Hall–Kier alpha value is -0.150. The summed E-state index contributed by atoms with van der Waals surface area (Å²) in [6.45, 7) is 4.12. The van der Waals surface area contributed by atoms with Gasteiger partial charge in [0, 0.05) is 11.8 Å². The standard InChI is InChI=1S/C8H13Cl/c1-4-5-7(2)6-8(3)9/h1,7-8H,5-6H2,2-3H3. The van der Waals surface area contributed by atoms with E-state index in [0.29, 0.717) is 5.92 Å². The van der Waals surface area contributed by atoms with Gasteiger partial charge in [-0.25, -0.2) is 0 Å². The van der Waals surface area contributed by atoms with E-state index >= 15 is 0 Å². The summed E-state index contributed by atoms with van der Waals surface area (Å²) in [7, 11) is 0. The van der Waals surface area contributed by atoms with Crippen LogP contribution in [0, 0.1) is 18.3 Å². The van der Waals surface area contributed by atoms with Gasteiger partial charge in [-0.2, -0.15) is 0 Å². The predicted molar refractivity (Wildman–Crippen MR) is 42.5 cm³/mol. The van der Waals surface area contributed by atoms with Crippen molar-refractivity contribution in [2.75, 3.05) is 0 Å². The molecule has 0 bridgehead atoms. The quantitative estimate of drug-likeness (QED) is 0.422. The second-order valence-corrected chi connectivity index (χ2v) is 3.27. The monoisotopic (exact) mass is 144 g/mol. The summed E-state index contributed by atoms with van der Waals surface area (Å²) in [5, 5.41) is 0.258. The molecule has 2 atom stereocenters. The number of hydrogen-bond donors (Lipinski definition) is 0. The Morgan fingerprint density at radius 3 is 2.44 bits per heavy atom. The van der Waals surface area contributed by atoms with Gasteiger partial charge in [-0.1, -0.05) is 6.92 Å². The minimum atomic E-state index is 0.258. The number of terminal acetylenes is 1. The van der Waals surface area contributed by atoms with Crippen molar-refractivity contribution >= 4 is 11.6 Å². The van der Waals surface area contributed by atoms with Gasteiger partial charge in [-0.15, -0.1) is 23.9 Å². The smallest absolute Gasteiger partial charge is 0.0310 e. The van der Waals surface area contributed by atoms with Crippen LogP contribution in [0.15, 0.2) is 0 Å². The molecule has 0 amide bonds. The Kier molecular flexibility index (Phi) is 4.62. The van der Waals surface area contributed by atoms with E-state index in [4.69, 9.17) is 18.0 Å². The highest BCUT2D eigenvalue weighted by Crippen LogP contribution is 2.12. The van der Waals surface area contributed by atoms with Crippen LogP contribution >= 0.6 is 11.6 Å². The molecule has 0 aromatic rings. The molecular weight excluding hydrogens is 132 g/mol. The van der Waals surface area contributed by atoms with Crippen LogP contribution in [0.2, 0.25) is 0 Å². The maximum atomic E-state index is 5.74. The van der Waals surface area contributed by atoms with Crippen molar-refractivity contribution in [2.24, 2.45) is 5.92 Å². The van der Waals surface area contributed by atoms with Gasteiger partial charge in [0.15, 0.2) is 0 Å². The molecule has 0 rings (SSSR count). The van der Waals surface area contributed by atoms with Gasteiger partial charge in [0.2, 0.25) is 0 Å². The normalized spacial score (nSPS) is 16.2. The average Bonchev–Trinajstić information content (AvgIpc) is 1.63. The van der Waals surface area contributed by atoms with Crippen LogP contribution < -0.4 is 0 Å². The lowest BCUT2D eigenvalue weighted by Crippen LogP contribution is -2.00. The first-order valence-electron chi connectivity index (χ1n) is 3.24. The molecule has 0 fully saturated rings. The first-order valence-corrected chi connectivity index (χ1v) is 3.68. The molecule has 0 heterocycles. The van der Waals surface area contributed by atoms with Gasteiger partial charge in [-0.05, 0) is 19.3 Å². The molecule has 0 aromatic carbocycles. The fourth-order valence-corrected chi connectivity index (χ4v) is 1.14. The molecule has 0 radical (unpaired) electrons. The zero-order chi connectivity index (χ0) is 7.28. The third-order valence-corrected chi connectivity index (χ3v) is 1.37. The van der Waals surface area contributed by atoms with Crippen molar-refractivity contribution < 1.29 is 0 Å². The van der Waals surface area contributed by atoms with Crippen LogP contribution in [0.1, 0.15) is 26.7 Å². The SMILES string of the molecule is C#CCC(C)CC(C)Cl. The summed E-state index contributed by atoms with van der Waals surface area (Å²) < 4.78 is 0. The number of rotatable bonds is 3. The molecule has 0 spiro atoms. The third-order valence-electron chi connectivity index (χ3n) is 1.19. The summed E-state index contributed by atoms with van der Waals surface area (Å²) in [5.41, 5.74) is 0. The third kappa shape index (κ3) is 5.73. The Morgan fingerprint density at radius 2 is 2.11 bits per heavy atom. The lowest BCUT2D eigenvalue weighted by atomic mass is 10.0. The molecule has 0 saturated carbocycles. The molecule has 0 aliphatic heterocycles. The first kappa shape index (κ1) is 8.85. The van der Waals surface area contributed by atoms with Crippen LogP contribution in [-0.4, -0.2) is 5.38 Å². The topological polar surface area (TPSA) is 0 Å². The summed E-state index contributed by atoms with van der Waals surface area (Å²) in [6.07, 6.45) is 6.98. The van der Waals surface area contributed by atoms with Crippen molar-refractivity contribution in [3.63, 3.8) is 0 Å². The van der Waals surface area contributed by atoms with Crippen molar-refractivity contribution in [2.45, 2.75) is 32.1 Å². The van der Waals surface area contributed by atoms with E-state index in [1.54, 1.807) is 0 Å². The molecule has 0 N–H and O–H groups in total. The van der Waals surface area contributed by atoms with Crippen LogP contribution in [0.25, 0.3) is 0 Å². The number of halogens is 1.